The van der Waals surface area contributed by atoms with Crippen LogP contribution in [0.3, 0.4) is 0 Å². The minimum atomic E-state index is 0.407. The van der Waals surface area contributed by atoms with Gasteiger partial charge < -0.3 is 13.9 Å². The standard InChI is InChI=1S/C17H15ClN2O3/c1-21-13-7-12(8-14(10-13)22-2)17-20-19-16(23-17)9-11-5-3-4-6-15(11)18/h3-8,10H,9H2,1-2H3. The quantitative estimate of drug-likeness (QED) is 0.707. The Balaban J connectivity index is 1.89. The van der Waals surface area contributed by atoms with Crippen LogP contribution < -0.4 is 9.47 Å². The summed E-state index contributed by atoms with van der Waals surface area (Å²) in [6.45, 7) is 0. The zero-order valence-electron chi connectivity index (χ0n) is 12.7. The molecular formula is C17H15ClN2O3. The van der Waals surface area contributed by atoms with E-state index in [4.69, 9.17) is 25.5 Å². The predicted molar refractivity (Wildman–Crippen MR) is 87.1 cm³/mol. The summed E-state index contributed by atoms with van der Waals surface area (Å²) in [7, 11) is 3.18. The number of rotatable bonds is 5. The number of halogens is 1. The highest BCUT2D eigenvalue weighted by molar-refractivity contribution is 6.31. The minimum absolute atomic E-state index is 0.407. The molecule has 0 amide bonds. The zero-order chi connectivity index (χ0) is 16.2. The SMILES string of the molecule is COc1cc(OC)cc(-c2nnc(Cc3ccccc3Cl)o2)c1. The van der Waals surface area contributed by atoms with Crippen molar-refractivity contribution in [2.24, 2.45) is 0 Å². The van der Waals surface area contributed by atoms with Gasteiger partial charge in [-0.25, -0.2) is 0 Å². The van der Waals surface area contributed by atoms with E-state index in [0.29, 0.717) is 34.7 Å². The molecule has 3 rings (SSSR count). The first-order valence-electron chi connectivity index (χ1n) is 6.99. The normalized spacial score (nSPS) is 10.6. The maximum absolute atomic E-state index is 6.15. The molecule has 0 N–H and O–H groups in total. The van der Waals surface area contributed by atoms with Crippen LogP contribution in [0.1, 0.15) is 11.5 Å². The molecule has 0 radical (unpaired) electrons. The Morgan fingerprint density at radius 1 is 1.00 bits per heavy atom. The molecule has 1 aromatic heterocycles. The van der Waals surface area contributed by atoms with Crippen LogP contribution in [0, 0.1) is 0 Å². The van der Waals surface area contributed by atoms with Crippen molar-refractivity contribution in [2.75, 3.05) is 14.2 Å². The maximum atomic E-state index is 6.15. The lowest BCUT2D eigenvalue weighted by atomic mass is 10.1. The van der Waals surface area contributed by atoms with E-state index in [1.165, 1.54) is 0 Å². The van der Waals surface area contributed by atoms with Crippen LogP contribution in [0.25, 0.3) is 11.5 Å². The Labute approximate surface area is 138 Å². The summed E-state index contributed by atoms with van der Waals surface area (Å²) in [5.74, 6) is 2.22. The van der Waals surface area contributed by atoms with Gasteiger partial charge in [-0.1, -0.05) is 29.8 Å². The van der Waals surface area contributed by atoms with Crippen LogP contribution in [0.15, 0.2) is 46.9 Å². The van der Waals surface area contributed by atoms with Gasteiger partial charge in [-0.3, -0.25) is 0 Å². The lowest BCUT2D eigenvalue weighted by molar-refractivity contribution is 0.394. The molecule has 0 bridgehead atoms. The molecule has 6 heteroatoms. The second-order valence-corrected chi connectivity index (χ2v) is 5.28. The molecule has 3 aromatic rings. The minimum Gasteiger partial charge on any atom is -0.497 e. The van der Waals surface area contributed by atoms with Gasteiger partial charge in [0.2, 0.25) is 11.8 Å². The Morgan fingerprint density at radius 2 is 1.70 bits per heavy atom. The van der Waals surface area contributed by atoms with E-state index in [1.807, 2.05) is 36.4 Å². The number of benzene rings is 2. The fraction of sp³-hybridized carbons (Fsp3) is 0.176. The maximum Gasteiger partial charge on any atom is 0.248 e. The highest BCUT2D eigenvalue weighted by Crippen LogP contribution is 2.29. The molecule has 0 aliphatic rings. The van der Waals surface area contributed by atoms with Gasteiger partial charge in [0.25, 0.3) is 0 Å². The smallest absolute Gasteiger partial charge is 0.248 e. The van der Waals surface area contributed by atoms with Crippen molar-refractivity contribution in [1.82, 2.24) is 10.2 Å². The van der Waals surface area contributed by atoms with Crippen LogP contribution >= 0.6 is 11.6 Å². The summed E-state index contributed by atoms with van der Waals surface area (Å²) in [6.07, 6.45) is 0.480. The molecule has 1 heterocycles. The van der Waals surface area contributed by atoms with Gasteiger partial charge in [-0.15, -0.1) is 10.2 Å². The van der Waals surface area contributed by atoms with E-state index >= 15 is 0 Å². The van der Waals surface area contributed by atoms with E-state index in [1.54, 1.807) is 20.3 Å². The summed E-state index contributed by atoms with van der Waals surface area (Å²) in [4.78, 5) is 0. The van der Waals surface area contributed by atoms with Crippen LogP contribution in [0.5, 0.6) is 11.5 Å². The monoisotopic (exact) mass is 330 g/mol. The van der Waals surface area contributed by atoms with Crippen LogP contribution in [-0.2, 0) is 6.42 Å². The van der Waals surface area contributed by atoms with Crippen LogP contribution in [-0.4, -0.2) is 24.4 Å². The van der Waals surface area contributed by atoms with Crippen LogP contribution in [0.4, 0.5) is 0 Å². The summed E-state index contributed by atoms with van der Waals surface area (Å²) in [5, 5.41) is 8.85. The van der Waals surface area contributed by atoms with Crippen molar-refractivity contribution < 1.29 is 13.9 Å². The average molecular weight is 331 g/mol. The first-order chi connectivity index (χ1) is 11.2. The van der Waals surface area contributed by atoms with Crippen molar-refractivity contribution in [3.63, 3.8) is 0 Å². The number of aromatic nitrogens is 2. The molecule has 0 spiro atoms. The van der Waals surface area contributed by atoms with Crippen molar-refractivity contribution in [1.29, 1.82) is 0 Å². The number of methoxy groups -OCH3 is 2. The number of nitrogens with zero attached hydrogens (tertiary/aromatic N) is 2. The van der Waals surface area contributed by atoms with Crippen LogP contribution in [0.2, 0.25) is 5.02 Å². The number of hydrogen-bond donors (Lipinski definition) is 0. The third-order valence-electron chi connectivity index (χ3n) is 3.36. The molecule has 0 aliphatic carbocycles. The molecule has 23 heavy (non-hydrogen) atoms. The number of hydrogen-bond acceptors (Lipinski definition) is 5. The average Bonchev–Trinajstić information content (AvgIpc) is 3.05. The van der Waals surface area contributed by atoms with Gasteiger partial charge in [-0.05, 0) is 23.8 Å². The van der Waals surface area contributed by atoms with Crippen molar-refractivity contribution in [3.05, 3.63) is 58.9 Å². The Morgan fingerprint density at radius 3 is 2.35 bits per heavy atom. The van der Waals surface area contributed by atoms with Gasteiger partial charge in [0.15, 0.2) is 0 Å². The molecule has 0 saturated carbocycles. The van der Waals surface area contributed by atoms with E-state index in [0.717, 1.165) is 11.1 Å². The molecule has 118 valence electrons. The van der Waals surface area contributed by atoms with Crippen molar-refractivity contribution >= 4 is 11.6 Å². The molecule has 2 aromatic carbocycles. The van der Waals surface area contributed by atoms with E-state index in [2.05, 4.69) is 10.2 Å². The Kier molecular flexibility index (Phi) is 4.48. The second kappa shape index (κ2) is 6.71. The third-order valence-corrected chi connectivity index (χ3v) is 3.73. The fourth-order valence-electron chi connectivity index (χ4n) is 2.18. The van der Waals surface area contributed by atoms with Gasteiger partial charge >= 0.3 is 0 Å². The van der Waals surface area contributed by atoms with Gasteiger partial charge in [0.1, 0.15) is 11.5 Å². The highest BCUT2D eigenvalue weighted by atomic mass is 35.5. The molecular weight excluding hydrogens is 316 g/mol. The summed E-state index contributed by atoms with van der Waals surface area (Å²) >= 11 is 6.15. The Bertz CT molecular complexity index is 795. The van der Waals surface area contributed by atoms with Crippen molar-refractivity contribution in [3.8, 4) is 23.0 Å². The molecule has 0 unspecified atom stereocenters. The third kappa shape index (κ3) is 3.46. The van der Waals surface area contributed by atoms with E-state index < -0.39 is 0 Å². The van der Waals surface area contributed by atoms with Crippen molar-refractivity contribution in [2.45, 2.75) is 6.42 Å². The predicted octanol–water partition coefficient (Wildman–Crippen LogP) is 4.00. The largest absolute Gasteiger partial charge is 0.497 e. The van der Waals surface area contributed by atoms with Gasteiger partial charge in [-0.2, -0.15) is 0 Å². The lowest BCUT2D eigenvalue weighted by Crippen LogP contribution is -1.89. The number of ether oxygens (including phenoxy) is 2. The second-order valence-electron chi connectivity index (χ2n) is 4.87. The van der Waals surface area contributed by atoms with Gasteiger partial charge in [0.05, 0.1) is 20.6 Å². The molecule has 0 aliphatic heterocycles. The molecule has 5 nitrogen and oxygen atoms in total. The molecule has 0 fully saturated rings. The van der Waals surface area contributed by atoms with E-state index in [-0.39, 0.29) is 0 Å². The molecule has 0 saturated heterocycles. The lowest BCUT2D eigenvalue weighted by Gasteiger charge is -2.05. The summed E-state index contributed by atoms with van der Waals surface area (Å²) in [6, 6.07) is 13.0. The highest BCUT2D eigenvalue weighted by Gasteiger charge is 2.13. The topological polar surface area (TPSA) is 57.4 Å². The van der Waals surface area contributed by atoms with E-state index in [9.17, 15) is 0 Å². The first-order valence-corrected chi connectivity index (χ1v) is 7.36. The Hall–Kier alpha value is -2.53. The summed E-state index contributed by atoms with van der Waals surface area (Å²) in [5.41, 5.74) is 1.67. The zero-order valence-corrected chi connectivity index (χ0v) is 13.5. The molecule has 0 atom stereocenters. The van der Waals surface area contributed by atoms with Gasteiger partial charge in [0, 0.05) is 16.7 Å². The summed E-state index contributed by atoms with van der Waals surface area (Å²) < 4.78 is 16.2. The fourth-order valence-corrected chi connectivity index (χ4v) is 2.38. The first kappa shape index (κ1) is 15.4.